The molecule has 0 unspecified atom stereocenters. The third-order valence-corrected chi connectivity index (χ3v) is 12.0. The van der Waals surface area contributed by atoms with Crippen LogP contribution in [0.3, 0.4) is 0 Å². The Balaban J connectivity index is 1.05. The fourth-order valence-corrected chi connectivity index (χ4v) is 9.28. The van der Waals surface area contributed by atoms with Gasteiger partial charge in [-0.15, -0.1) is 0 Å². The van der Waals surface area contributed by atoms with Crippen LogP contribution >= 0.6 is 0 Å². The van der Waals surface area contributed by atoms with E-state index in [9.17, 15) is 0 Å². The molecule has 11 rings (SSSR count). The molecule has 0 spiro atoms. The highest BCUT2D eigenvalue weighted by molar-refractivity contribution is 6.13. The van der Waals surface area contributed by atoms with Crippen LogP contribution in [0.2, 0.25) is 0 Å². The molecule has 2 heterocycles. The van der Waals surface area contributed by atoms with Crippen molar-refractivity contribution in [3.8, 4) is 45.0 Å². The predicted octanol–water partition coefficient (Wildman–Crippen LogP) is 13.9. The number of fused-ring (bicyclic) bond motifs is 5. The topological polar surface area (TPSA) is 9.86 Å². The highest BCUT2D eigenvalue weighted by atomic mass is 15.0. The highest BCUT2D eigenvalue weighted by Crippen LogP contribution is 2.43. The molecule has 0 fully saturated rings. The van der Waals surface area contributed by atoms with Gasteiger partial charge in [-0.3, -0.25) is 0 Å². The number of allylic oxidation sites excluding steroid dienone is 2. The van der Waals surface area contributed by atoms with Crippen LogP contribution in [0.15, 0.2) is 193 Å². The fourth-order valence-electron chi connectivity index (χ4n) is 9.28. The average Bonchev–Trinajstić information content (AvgIpc) is 3.86. The summed E-state index contributed by atoms with van der Waals surface area (Å²) in [5, 5.41) is 5.16. The minimum absolute atomic E-state index is 0.989. The van der Waals surface area contributed by atoms with Crippen LogP contribution in [0.1, 0.15) is 35.4 Å². The number of hydrogen-bond acceptors (Lipinski definition) is 0. The largest absolute Gasteiger partial charge is 0.313 e. The van der Waals surface area contributed by atoms with E-state index in [0.717, 1.165) is 25.7 Å². The lowest BCUT2D eigenvalue weighted by Crippen LogP contribution is -2.09. The van der Waals surface area contributed by atoms with Crippen LogP contribution in [0.25, 0.3) is 78.7 Å². The first-order valence-electron chi connectivity index (χ1n) is 19.9. The molecular weight excluding hydrogens is 677 g/mol. The molecule has 266 valence electrons. The van der Waals surface area contributed by atoms with Crippen molar-refractivity contribution in [2.24, 2.45) is 0 Å². The monoisotopic (exact) mass is 716 g/mol. The molecular formula is C54H40N2. The van der Waals surface area contributed by atoms with E-state index in [1.54, 1.807) is 0 Å². The van der Waals surface area contributed by atoms with Crippen LogP contribution in [-0.2, 0) is 12.8 Å². The van der Waals surface area contributed by atoms with Gasteiger partial charge in [0.25, 0.3) is 0 Å². The summed E-state index contributed by atoms with van der Waals surface area (Å²) in [6.45, 7) is 0. The first-order chi connectivity index (χ1) is 27.8. The van der Waals surface area contributed by atoms with Crippen molar-refractivity contribution in [2.45, 2.75) is 25.7 Å². The van der Waals surface area contributed by atoms with Crippen molar-refractivity contribution in [3.05, 3.63) is 216 Å². The second-order valence-corrected chi connectivity index (χ2v) is 15.2. The molecule has 2 heteroatoms. The highest BCUT2D eigenvalue weighted by Gasteiger charge is 2.26. The molecule has 2 nitrogen and oxygen atoms in total. The lowest BCUT2D eigenvalue weighted by Gasteiger charge is -2.23. The molecule has 2 aliphatic carbocycles. The Labute approximate surface area is 328 Å². The Hall–Kier alpha value is -6.90. The number of nitrogens with zero attached hydrogens (tertiary/aromatic N) is 2. The summed E-state index contributed by atoms with van der Waals surface area (Å²) in [6.07, 6.45) is 9.07. The number of aryl methyl sites for hydroxylation is 1. The molecule has 0 bridgehead atoms. The van der Waals surface area contributed by atoms with Crippen molar-refractivity contribution in [1.82, 2.24) is 9.13 Å². The van der Waals surface area contributed by atoms with Gasteiger partial charge in [0.1, 0.15) is 0 Å². The van der Waals surface area contributed by atoms with E-state index in [4.69, 9.17) is 0 Å². The van der Waals surface area contributed by atoms with Gasteiger partial charge in [0, 0.05) is 28.3 Å². The van der Waals surface area contributed by atoms with Gasteiger partial charge in [-0.1, -0.05) is 140 Å². The van der Waals surface area contributed by atoms with Gasteiger partial charge in [-0.05, 0) is 141 Å². The normalized spacial score (nSPS) is 13.6. The SMILES string of the molecule is C1=C(C2=Cc3cc(-c4cc5ccccc5c5ccccc45)n(-c4ccccc4)c3CC2)CCc2cc(-c3ccccc3)n(-c3ccc(-c4ccccc4)cc3)c21. The van der Waals surface area contributed by atoms with E-state index in [2.05, 4.69) is 203 Å². The quantitative estimate of drug-likeness (QED) is 0.152. The molecule has 0 amide bonds. The third kappa shape index (κ3) is 5.48. The molecule has 0 atom stereocenters. The van der Waals surface area contributed by atoms with Crippen molar-refractivity contribution < 1.29 is 0 Å². The number of aromatic nitrogens is 2. The van der Waals surface area contributed by atoms with E-state index in [1.165, 1.54) is 100 Å². The maximum atomic E-state index is 2.53. The molecule has 0 N–H and O–H groups in total. The molecule has 2 aromatic heterocycles. The van der Waals surface area contributed by atoms with E-state index >= 15 is 0 Å². The van der Waals surface area contributed by atoms with Gasteiger partial charge in [0.05, 0.1) is 11.4 Å². The summed E-state index contributed by atoms with van der Waals surface area (Å²) >= 11 is 0. The zero-order valence-corrected chi connectivity index (χ0v) is 31.2. The Kier molecular flexibility index (Phi) is 7.81. The number of benzene rings is 7. The van der Waals surface area contributed by atoms with E-state index < -0.39 is 0 Å². The zero-order chi connectivity index (χ0) is 37.0. The summed E-state index contributed by atoms with van der Waals surface area (Å²) in [5.74, 6) is 0. The second-order valence-electron chi connectivity index (χ2n) is 15.2. The van der Waals surface area contributed by atoms with Crippen molar-refractivity contribution in [1.29, 1.82) is 0 Å². The van der Waals surface area contributed by atoms with Crippen LogP contribution in [0.4, 0.5) is 0 Å². The molecule has 7 aromatic carbocycles. The fraction of sp³-hybridized carbons (Fsp3) is 0.0741. The van der Waals surface area contributed by atoms with Crippen LogP contribution in [0.5, 0.6) is 0 Å². The summed E-state index contributed by atoms with van der Waals surface area (Å²) < 4.78 is 5.02. The smallest absolute Gasteiger partial charge is 0.0544 e. The maximum absolute atomic E-state index is 2.53. The van der Waals surface area contributed by atoms with E-state index in [1.807, 2.05) is 0 Å². The summed E-state index contributed by atoms with van der Waals surface area (Å²) in [6, 6.07) is 66.5. The zero-order valence-electron chi connectivity index (χ0n) is 31.2. The van der Waals surface area contributed by atoms with E-state index in [0.29, 0.717) is 0 Å². The molecule has 0 saturated carbocycles. The Morgan fingerprint density at radius 1 is 0.375 bits per heavy atom. The minimum atomic E-state index is 0.989. The summed E-state index contributed by atoms with van der Waals surface area (Å²) in [4.78, 5) is 0. The van der Waals surface area contributed by atoms with Crippen molar-refractivity contribution in [2.75, 3.05) is 0 Å². The average molecular weight is 717 g/mol. The number of rotatable bonds is 6. The maximum Gasteiger partial charge on any atom is 0.0544 e. The second kappa shape index (κ2) is 13.4. The molecule has 2 aliphatic rings. The van der Waals surface area contributed by atoms with Gasteiger partial charge >= 0.3 is 0 Å². The Morgan fingerprint density at radius 2 is 0.964 bits per heavy atom. The number of para-hydroxylation sites is 1. The van der Waals surface area contributed by atoms with Gasteiger partial charge in [-0.25, -0.2) is 0 Å². The molecule has 0 saturated heterocycles. The van der Waals surface area contributed by atoms with Crippen LogP contribution in [0, 0.1) is 0 Å². The lowest BCUT2D eigenvalue weighted by molar-refractivity contribution is 0.829. The standard InChI is InChI=1S/C54H40N2/c1-4-14-37(15-5-1)38-26-29-46(30-27-38)56-52(39-16-6-2-7-17-39)35-43-25-24-41(34-53(43)56)40-28-31-51-44(32-40)36-54(55(51)45-19-8-3-9-20-45)50-33-42-18-10-11-21-47(42)48-22-12-13-23-49(48)50/h1-23,26-27,29-30,32-36H,24-25,28,31H2. The molecule has 0 radical (unpaired) electrons. The van der Waals surface area contributed by atoms with Gasteiger partial charge in [0.2, 0.25) is 0 Å². The van der Waals surface area contributed by atoms with Crippen molar-refractivity contribution in [3.63, 3.8) is 0 Å². The Bertz CT molecular complexity index is 2980. The minimum Gasteiger partial charge on any atom is -0.313 e. The van der Waals surface area contributed by atoms with Gasteiger partial charge in [0.15, 0.2) is 0 Å². The lowest BCUT2D eigenvalue weighted by atomic mass is 9.86. The summed E-state index contributed by atoms with van der Waals surface area (Å²) in [5.41, 5.74) is 18.2. The molecule has 56 heavy (non-hydrogen) atoms. The van der Waals surface area contributed by atoms with Crippen LogP contribution in [-0.4, -0.2) is 9.13 Å². The molecule has 0 aliphatic heterocycles. The summed E-state index contributed by atoms with van der Waals surface area (Å²) in [7, 11) is 0. The van der Waals surface area contributed by atoms with Crippen molar-refractivity contribution >= 4 is 33.7 Å². The first kappa shape index (κ1) is 32.5. The van der Waals surface area contributed by atoms with Gasteiger partial charge in [-0.2, -0.15) is 0 Å². The van der Waals surface area contributed by atoms with E-state index in [-0.39, 0.29) is 0 Å². The van der Waals surface area contributed by atoms with Crippen LogP contribution < -0.4 is 0 Å². The predicted molar refractivity (Wildman–Crippen MR) is 235 cm³/mol. The number of hydrogen-bond donors (Lipinski definition) is 0. The Morgan fingerprint density at radius 3 is 1.73 bits per heavy atom. The third-order valence-electron chi connectivity index (χ3n) is 12.0. The molecule has 9 aromatic rings. The van der Waals surface area contributed by atoms with Gasteiger partial charge < -0.3 is 9.13 Å². The first-order valence-corrected chi connectivity index (χ1v) is 19.9.